The highest BCUT2D eigenvalue weighted by Crippen LogP contribution is 2.43. The Balaban J connectivity index is 1.25. The number of carbonyl (C=O) groups excluding carboxylic acids is 1. The van der Waals surface area contributed by atoms with Gasteiger partial charge in [-0.2, -0.15) is 4.39 Å². The zero-order valence-electron chi connectivity index (χ0n) is 20.1. The first-order valence-corrected chi connectivity index (χ1v) is 12.4. The van der Waals surface area contributed by atoms with Gasteiger partial charge in [-0.1, -0.05) is 0 Å². The maximum Gasteiger partial charge on any atom is 0.411 e. The summed E-state index contributed by atoms with van der Waals surface area (Å²) in [5.74, 6) is -0.661. The predicted octanol–water partition coefficient (Wildman–Crippen LogP) is 5.45. The Kier molecular flexibility index (Phi) is 5.95. The molecule has 4 heterocycles. The van der Waals surface area contributed by atoms with Crippen LogP contribution in [0.1, 0.15) is 11.1 Å². The van der Waals surface area contributed by atoms with E-state index in [9.17, 15) is 13.6 Å². The molecule has 6 rings (SSSR count). The lowest BCUT2D eigenvalue weighted by atomic mass is 10.1. The Hall–Kier alpha value is -4.45. The van der Waals surface area contributed by atoms with Crippen LogP contribution in [0.4, 0.5) is 19.3 Å². The number of benzene rings is 2. The number of rotatable bonds is 5. The van der Waals surface area contributed by atoms with Crippen LogP contribution >= 0.6 is 11.3 Å². The van der Waals surface area contributed by atoms with E-state index in [-0.39, 0.29) is 18.0 Å². The van der Waals surface area contributed by atoms with Gasteiger partial charge in [0, 0.05) is 23.6 Å². The Bertz CT molecular complexity index is 1710. The fraction of sp³-hybridized carbons (Fsp3) is 0.192. The molecular weight excluding hydrogens is 516 g/mol. The number of thiazole rings is 1. The first-order valence-electron chi connectivity index (χ1n) is 11.5. The van der Waals surface area contributed by atoms with Gasteiger partial charge in [0.25, 0.3) is 0 Å². The van der Waals surface area contributed by atoms with E-state index in [0.717, 1.165) is 21.9 Å². The van der Waals surface area contributed by atoms with Crippen molar-refractivity contribution >= 4 is 44.4 Å². The molecule has 5 aromatic rings. The molecular formula is C26H19F2N5O4S. The molecule has 9 nitrogen and oxygen atoms in total. The van der Waals surface area contributed by atoms with E-state index in [1.807, 2.05) is 19.1 Å². The summed E-state index contributed by atoms with van der Waals surface area (Å²) >= 11 is 1.41. The number of hydrogen-bond acceptors (Lipinski definition) is 9. The summed E-state index contributed by atoms with van der Waals surface area (Å²) in [7, 11) is 1.53. The highest BCUT2D eigenvalue weighted by Gasteiger charge is 2.31. The lowest BCUT2D eigenvalue weighted by molar-refractivity contribution is 0.100. The summed E-state index contributed by atoms with van der Waals surface area (Å²) < 4.78 is 44.9. The van der Waals surface area contributed by atoms with Gasteiger partial charge in [0.05, 0.1) is 46.4 Å². The van der Waals surface area contributed by atoms with Crippen LogP contribution in [0.15, 0.2) is 42.7 Å². The van der Waals surface area contributed by atoms with Crippen LogP contribution in [-0.2, 0) is 11.2 Å². The molecule has 0 fully saturated rings. The molecule has 1 aliphatic rings. The number of carbonyl (C=O) groups is 1. The van der Waals surface area contributed by atoms with E-state index in [4.69, 9.17) is 19.2 Å². The van der Waals surface area contributed by atoms with E-state index in [0.29, 0.717) is 39.4 Å². The van der Waals surface area contributed by atoms with Crippen LogP contribution in [0.5, 0.6) is 11.6 Å². The van der Waals surface area contributed by atoms with Crippen molar-refractivity contribution in [1.29, 1.82) is 0 Å². The topological polar surface area (TPSA) is 108 Å². The Morgan fingerprint density at radius 1 is 1.16 bits per heavy atom. The zero-order chi connectivity index (χ0) is 26.4. The number of aromatic nitrogens is 4. The molecule has 0 bridgehead atoms. The standard InChI is InChI=1S/C26H19F2N5O4S/c1-12-5-15(22-18(6-12)32-21(35-2)10-30-22)25-33-19-8-17(27)23-16(24(19)38-25)7-14(37-23)11-36-26(34)31-13-3-4-20(28)29-9-13/h3-6,8-10,14H,7,11H2,1-2H3,(H,31,34)/t14-/m1/s1. The van der Waals surface area contributed by atoms with E-state index < -0.39 is 24.0 Å². The number of methoxy groups -OCH3 is 1. The number of pyridine rings is 1. The van der Waals surface area contributed by atoms with Crippen LogP contribution in [-0.4, -0.2) is 45.8 Å². The fourth-order valence-corrected chi connectivity index (χ4v) is 5.43. The largest absolute Gasteiger partial charge is 0.483 e. The molecule has 12 heteroatoms. The van der Waals surface area contributed by atoms with E-state index in [1.165, 1.54) is 36.8 Å². The van der Waals surface area contributed by atoms with Crippen LogP contribution in [0.2, 0.25) is 0 Å². The van der Waals surface area contributed by atoms with Crippen molar-refractivity contribution in [2.75, 3.05) is 19.0 Å². The number of nitrogens with one attached hydrogen (secondary N) is 1. The number of nitrogens with zero attached hydrogens (tertiary/aromatic N) is 4. The maximum atomic E-state index is 15.0. The first-order chi connectivity index (χ1) is 18.4. The van der Waals surface area contributed by atoms with Crippen molar-refractivity contribution in [2.45, 2.75) is 19.4 Å². The summed E-state index contributed by atoms with van der Waals surface area (Å²) in [4.78, 5) is 29.3. The Morgan fingerprint density at radius 2 is 2.03 bits per heavy atom. The third-order valence-electron chi connectivity index (χ3n) is 5.98. The molecule has 1 amide bonds. The van der Waals surface area contributed by atoms with Crippen molar-refractivity contribution in [2.24, 2.45) is 0 Å². The Labute approximate surface area is 218 Å². The predicted molar refractivity (Wildman–Crippen MR) is 137 cm³/mol. The molecule has 0 unspecified atom stereocenters. The van der Waals surface area contributed by atoms with Crippen molar-refractivity contribution < 1.29 is 27.8 Å². The number of anilines is 1. The van der Waals surface area contributed by atoms with Crippen molar-refractivity contribution in [3.8, 4) is 22.2 Å². The summed E-state index contributed by atoms with van der Waals surface area (Å²) in [5, 5.41) is 3.13. The SMILES string of the molecule is COc1cnc2c(-c3nc4cc(F)c5c(c4s3)C[C@H](COC(=O)Nc3ccc(F)nc3)O5)cc(C)cc2n1. The summed E-state index contributed by atoms with van der Waals surface area (Å²) in [6, 6.07) is 7.71. The molecule has 38 heavy (non-hydrogen) atoms. The summed E-state index contributed by atoms with van der Waals surface area (Å²) in [6.45, 7) is 1.84. The van der Waals surface area contributed by atoms with Gasteiger partial charge in [-0.3, -0.25) is 5.32 Å². The van der Waals surface area contributed by atoms with Gasteiger partial charge in [0.15, 0.2) is 11.6 Å². The fourth-order valence-electron chi connectivity index (χ4n) is 4.32. The van der Waals surface area contributed by atoms with Gasteiger partial charge in [-0.15, -0.1) is 11.3 Å². The second-order valence-corrected chi connectivity index (χ2v) is 9.66. The van der Waals surface area contributed by atoms with Crippen molar-refractivity contribution in [1.82, 2.24) is 19.9 Å². The molecule has 0 spiro atoms. The third kappa shape index (κ3) is 4.43. The Morgan fingerprint density at radius 3 is 2.82 bits per heavy atom. The lowest BCUT2D eigenvalue weighted by Crippen LogP contribution is -2.25. The molecule has 0 saturated carbocycles. The third-order valence-corrected chi connectivity index (χ3v) is 7.14. The molecule has 1 atom stereocenters. The van der Waals surface area contributed by atoms with Gasteiger partial charge in [0.2, 0.25) is 11.8 Å². The second kappa shape index (κ2) is 9.45. The first kappa shape index (κ1) is 23.9. The van der Waals surface area contributed by atoms with Crippen molar-refractivity contribution in [3.05, 3.63) is 65.6 Å². The highest BCUT2D eigenvalue weighted by atomic mass is 32.1. The minimum absolute atomic E-state index is 0.109. The minimum atomic E-state index is -0.757. The van der Waals surface area contributed by atoms with Gasteiger partial charge in [0.1, 0.15) is 17.7 Å². The average Bonchev–Trinajstić information content (AvgIpc) is 3.53. The average molecular weight is 536 g/mol. The van der Waals surface area contributed by atoms with Gasteiger partial charge in [-0.25, -0.2) is 29.1 Å². The van der Waals surface area contributed by atoms with Crippen LogP contribution in [0, 0.1) is 18.7 Å². The smallest absolute Gasteiger partial charge is 0.411 e. The zero-order valence-corrected chi connectivity index (χ0v) is 20.9. The molecule has 1 N–H and O–H groups in total. The number of ether oxygens (including phenoxy) is 3. The van der Waals surface area contributed by atoms with Crippen LogP contribution < -0.4 is 14.8 Å². The second-order valence-electron chi connectivity index (χ2n) is 8.66. The molecule has 192 valence electrons. The van der Waals surface area contributed by atoms with Gasteiger partial charge >= 0.3 is 6.09 Å². The molecule has 1 aliphatic heterocycles. The van der Waals surface area contributed by atoms with Crippen LogP contribution in [0.3, 0.4) is 0 Å². The van der Waals surface area contributed by atoms with Crippen molar-refractivity contribution in [3.63, 3.8) is 0 Å². The summed E-state index contributed by atoms with van der Waals surface area (Å²) in [6.07, 6.45) is 1.72. The number of aryl methyl sites for hydroxylation is 1. The lowest BCUT2D eigenvalue weighted by Gasteiger charge is -2.12. The number of hydrogen-bond donors (Lipinski definition) is 1. The molecule has 0 aliphatic carbocycles. The number of halogens is 2. The van der Waals surface area contributed by atoms with E-state index in [1.54, 1.807) is 6.20 Å². The summed E-state index contributed by atoms with van der Waals surface area (Å²) in [5.41, 5.74) is 4.55. The maximum absolute atomic E-state index is 15.0. The monoisotopic (exact) mass is 535 g/mol. The normalized spacial score (nSPS) is 14.4. The van der Waals surface area contributed by atoms with E-state index >= 15 is 0 Å². The molecule has 0 saturated heterocycles. The molecule has 3 aromatic heterocycles. The van der Waals surface area contributed by atoms with Crippen LogP contribution in [0.25, 0.3) is 31.8 Å². The molecule has 0 radical (unpaired) electrons. The minimum Gasteiger partial charge on any atom is -0.483 e. The quantitative estimate of drug-likeness (QED) is 0.296. The number of amides is 1. The number of fused-ring (bicyclic) bond motifs is 4. The molecule has 2 aromatic carbocycles. The van der Waals surface area contributed by atoms with Gasteiger partial charge in [-0.05, 0) is 36.8 Å². The van der Waals surface area contributed by atoms with E-state index in [2.05, 4.69) is 20.3 Å². The highest BCUT2D eigenvalue weighted by molar-refractivity contribution is 7.22. The van der Waals surface area contributed by atoms with Gasteiger partial charge < -0.3 is 14.2 Å².